The summed E-state index contributed by atoms with van der Waals surface area (Å²) in [5.41, 5.74) is 7.46. The van der Waals surface area contributed by atoms with Gasteiger partial charge in [-0.2, -0.15) is 27.1 Å². The molecule has 1 aliphatic carbocycles. The minimum atomic E-state index is -5.10. The van der Waals surface area contributed by atoms with Crippen molar-refractivity contribution in [3.63, 3.8) is 0 Å². The molecule has 7 N–H and O–H groups in total. The summed E-state index contributed by atoms with van der Waals surface area (Å²) in [5.74, 6) is -1.10. The van der Waals surface area contributed by atoms with Gasteiger partial charge in [0.2, 0.25) is 5.91 Å². The zero-order valence-corrected chi connectivity index (χ0v) is 26.5. The van der Waals surface area contributed by atoms with E-state index in [1.165, 1.54) is 19.9 Å². The minimum absolute atomic E-state index is 0.0642. The average molecular weight is 702 g/mol. The second kappa shape index (κ2) is 13.5. The number of fused-ring (bicyclic) bond motifs is 1. The number of aromatic amines is 1. The molecular formula is C34H30F7N7O2. The summed E-state index contributed by atoms with van der Waals surface area (Å²) in [6, 6.07) is 9.64. The molecule has 1 amide bonds. The number of nitrogens with zero attached hydrogens (tertiary/aromatic N) is 3. The summed E-state index contributed by atoms with van der Waals surface area (Å²) in [6.07, 6.45) is -7.10. The molecule has 0 spiro atoms. The van der Waals surface area contributed by atoms with Gasteiger partial charge in [0.25, 0.3) is 5.92 Å². The van der Waals surface area contributed by atoms with Gasteiger partial charge >= 0.3 is 6.18 Å². The number of aromatic nitrogens is 3. The first-order valence-corrected chi connectivity index (χ1v) is 15.0. The van der Waals surface area contributed by atoms with Gasteiger partial charge in [0.1, 0.15) is 40.9 Å². The van der Waals surface area contributed by atoms with E-state index < -0.39 is 77.7 Å². The minimum Gasteiger partial charge on any atom is -0.394 e. The quantitative estimate of drug-likeness (QED) is 0.124. The fourth-order valence-corrected chi connectivity index (χ4v) is 5.50. The van der Waals surface area contributed by atoms with E-state index in [0.29, 0.717) is 28.1 Å². The van der Waals surface area contributed by atoms with Crippen LogP contribution in [-0.2, 0) is 11.2 Å². The highest BCUT2D eigenvalue weighted by molar-refractivity contribution is 6.08. The van der Waals surface area contributed by atoms with Crippen molar-refractivity contribution in [1.82, 2.24) is 20.5 Å². The molecule has 5 rings (SSSR count). The molecule has 1 saturated carbocycles. The molecule has 1 atom stereocenters. The number of halogens is 7. The van der Waals surface area contributed by atoms with Gasteiger partial charge in [0.05, 0.1) is 17.3 Å². The topological polar surface area (TPSA) is 155 Å². The van der Waals surface area contributed by atoms with E-state index in [-0.39, 0.29) is 29.2 Å². The fraction of sp³-hybridized carbons (Fsp3) is 0.294. The van der Waals surface area contributed by atoms with Crippen molar-refractivity contribution in [3.8, 4) is 23.0 Å². The smallest absolute Gasteiger partial charge is 0.394 e. The van der Waals surface area contributed by atoms with Crippen molar-refractivity contribution in [3.05, 3.63) is 88.4 Å². The van der Waals surface area contributed by atoms with E-state index in [1.807, 2.05) is 0 Å². The predicted molar refractivity (Wildman–Crippen MR) is 172 cm³/mol. The Morgan fingerprint density at radius 1 is 1.12 bits per heavy atom. The Bertz CT molecular complexity index is 2070. The number of pyridine rings is 1. The van der Waals surface area contributed by atoms with Crippen molar-refractivity contribution in [2.24, 2.45) is 10.7 Å². The van der Waals surface area contributed by atoms with Crippen LogP contribution in [0.25, 0.3) is 22.0 Å². The number of hydrogen-bond acceptors (Lipinski definition) is 7. The van der Waals surface area contributed by atoms with Crippen LogP contribution in [0.4, 0.5) is 36.6 Å². The second-order valence-electron chi connectivity index (χ2n) is 12.1. The number of carbonyl (C=O) groups excluding carboxylic acids is 1. The highest BCUT2D eigenvalue weighted by atomic mass is 19.4. The first kappa shape index (κ1) is 35.9. The summed E-state index contributed by atoms with van der Waals surface area (Å²) in [6.45, 7) is 1.84. The van der Waals surface area contributed by atoms with Crippen LogP contribution in [0.5, 0.6) is 0 Å². The average Bonchev–Trinajstić information content (AvgIpc) is 3.54. The Hall–Kier alpha value is -5.43. The third-order valence-electron chi connectivity index (χ3n) is 7.70. The molecule has 2 aromatic carbocycles. The number of benzene rings is 2. The maximum Gasteiger partial charge on any atom is 0.431 e. The first-order valence-electron chi connectivity index (χ1n) is 15.0. The van der Waals surface area contributed by atoms with Gasteiger partial charge in [-0.3, -0.25) is 14.9 Å². The standard InChI is InChI=1S/C34H30F7N7O2/c1-32(2,50)10-8-20-6-7-22(21-4-3-5-23-27(21)47-48-31(23)43)28(45-20)25(14-17-12-18(35)15-19(36)13-17)46-26(49)16-44-30-24(9-11-33(30,37)38)29(42)34(39,40)41/h3-7,12-13,15,25,50H,9,11,14,16,42H2,1-2H3,(H,46,49)(H3,43,47,48). The van der Waals surface area contributed by atoms with Crippen molar-refractivity contribution >= 4 is 28.3 Å². The number of rotatable bonds is 7. The zero-order valence-electron chi connectivity index (χ0n) is 26.5. The molecule has 4 aromatic rings. The summed E-state index contributed by atoms with van der Waals surface area (Å²) in [5, 5.41) is 20.2. The lowest BCUT2D eigenvalue weighted by Crippen LogP contribution is -2.34. The van der Waals surface area contributed by atoms with Crippen molar-refractivity contribution < 1.29 is 40.6 Å². The van der Waals surface area contributed by atoms with Crippen LogP contribution in [0.15, 0.2) is 64.8 Å². The van der Waals surface area contributed by atoms with Crippen LogP contribution in [-0.4, -0.2) is 56.2 Å². The van der Waals surface area contributed by atoms with Crippen LogP contribution in [0.1, 0.15) is 49.7 Å². The number of nitrogens with two attached hydrogens (primary N) is 2. The maximum atomic E-state index is 14.7. The molecule has 2 aromatic heterocycles. The number of para-hydroxylation sites is 1. The maximum absolute atomic E-state index is 14.7. The van der Waals surface area contributed by atoms with Gasteiger partial charge in [0, 0.05) is 34.6 Å². The number of hydrogen-bond donors (Lipinski definition) is 5. The molecule has 2 heterocycles. The van der Waals surface area contributed by atoms with Crippen molar-refractivity contribution in [2.45, 2.75) is 56.9 Å². The van der Waals surface area contributed by atoms with E-state index in [0.717, 1.165) is 12.1 Å². The lowest BCUT2D eigenvalue weighted by atomic mass is 9.93. The van der Waals surface area contributed by atoms with Gasteiger partial charge in [-0.15, -0.1) is 0 Å². The number of nitrogens with one attached hydrogen (secondary N) is 2. The molecule has 1 unspecified atom stereocenters. The van der Waals surface area contributed by atoms with E-state index >= 15 is 0 Å². The van der Waals surface area contributed by atoms with Gasteiger partial charge in [-0.1, -0.05) is 18.1 Å². The number of aliphatic hydroxyl groups is 1. The third kappa shape index (κ3) is 8.05. The number of aliphatic imine (C=N–C) groups is 1. The summed E-state index contributed by atoms with van der Waals surface area (Å²) in [4.78, 5) is 21.6. The Balaban J connectivity index is 1.63. The fourth-order valence-electron chi connectivity index (χ4n) is 5.50. The Morgan fingerprint density at radius 2 is 1.82 bits per heavy atom. The van der Waals surface area contributed by atoms with E-state index in [4.69, 9.17) is 11.5 Å². The van der Waals surface area contributed by atoms with Crippen molar-refractivity contribution in [2.75, 3.05) is 12.3 Å². The van der Waals surface area contributed by atoms with Crippen LogP contribution in [0, 0.1) is 23.5 Å². The van der Waals surface area contributed by atoms with Gasteiger partial charge < -0.3 is 21.9 Å². The van der Waals surface area contributed by atoms with Crippen LogP contribution < -0.4 is 16.8 Å². The van der Waals surface area contributed by atoms with E-state index in [2.05, 4.69) is 37.3 Å². The molecule has 1 fully saturated rings. The number of H-pyrrole nitrogens is 1. The van der Waals surface area contributed by atoms with Gasteiger partial charge in [0.15, 0.2) is 5.82 Å². The van der Waals surface area contributed by atoms with Gasteiger partial charge in [-0.25, -0.2) is 13.8 Å². The molecule has 0 aliphatic heterocycles. The number of anilines is 1. The molecule has 0 radical (unpaired) electrons. The van der Waals surface area contributed by atoms with Crippen LogP contribution in [0.3, 0.4) is 0 Å². The number of allylic oxidation sites excluding steroid dienone is 2. The summed E-state index contributed by atoms with van der Waals surface area (Å²) < 4.78 is 97.9. The second-order valence-corrected chi connectivity index (χ2v) is 12.1. The predicted octanol–water partition coefficient (Wildman–Crippen LogP) is 5.65. The summed E-state index contributed by atoms with van der Waals surface area (Å²) >= 11 is 0. The molecule has 9 nitrogen and oxygen atoms in total. The molecule has 1 aliphatic rings. The first-order chi connectivity index (χ1) is 23.3. The highest BCUT2D eigenvalue weighted by Gasteiger charge is 2.48. The summed E-state index contributed by atoms with van der Waals surface area (Å²) in [7, 11) is 0. The molecule has 0 bridgehead atoms. The lowest BCUT2D eigenvalue weighted by Gasteiger charge is -2.22. The molecule has 0 saturated heterocycles. The number of alkyl halides is 5. The van der Waals surface area contributed by atoms with E-state index in [9.17, 15) is 40.6 Å². The van der Waals surface area contributed by atoms with Crippen molar-refractivity contribution in [1.29, 1.82) is 0 Å². The molecular weight excluding hydrogens is 671 g/mol. The Labute approximate surface area is 280 Å². The highest BCUT2D eigenvalue weighted by Crippen LogP contribution is 2.40. The van der Waals surface area contributed by atoms with Gasteiger partial charge in [-0.05, 0) is 68.5 Å². The Morgan fingerprint density at radius 3 is 2.48 bits per heavy atom. The normalized spacial score (nSPS) is 17.0. The Kier molecular flexibility index (Phi) is 9.66. The van der Waals surface area contributed by atoms with Crippen LogP contribution in [0.2, 0.25) is 0 Å². The number of nitrogen functional groups attached to an aromatic ring is 1. The molecule has 262 valence electrons. The third-order valence-corrected chi connectivity index (χ3v) is 7.70. The number of carbonyl (C=O) groups is 1. The van der Waals surface area contributed by atoms with E-state index in [1.54, 1.807) is 24.3 Å². The SMILES string of the molecule is CC(C)(O)C#Cc1ccc(-c2cccc3c(N)n[nH]c23)c(C(Cc2cc(F)cc(F)c2)NC(=O)CN=C2C(=C(N)C(F)(F)F)CCC2(F)F)n1. The lowest BCUT2D eigenvalue weighted by molar-refractivity contribution is -0.120. The van der Waals surface area contributed by atoms with Crippen LogP contribution >= 0.6 is 0 Å². The monoisotopic (exact) mass is 701 g/mol. The largest absolute Gasteiger partial charge is 0.431 e. The molecule has 50 heavy (non-hydrogen) atoms. The zero-order chi connectivity index (χ0) is 36.6. The molecule has 16 heteroatoms. The number of amides is 1.